The van der Waals surface area contributed by atoms with E-state index >= 15 is 0 Å². The van der Waals surface area contributed by atoms with Crippen molar-refractivity contribution in [2.75, 3.05) is 5.32 Å². The SMILES string of the molecule is Clc1ccsc1C1CCc2ccccc2N1. The first-order valence-corrected chi connectivity index (χ1v) is 6.67. The molecule has 1 aromatic heterocycles. The number of hydrogen-bond acceptors (Lipinski definition) is 2. The Balaban J connectivity index is 1.91. The van der Waals surface area contributed by atoms with Crippen LogP contribution in [0.2, 0.25) is 5.02 Å². The van der Waals surface area contributed by atoms with Crippen molar-refractivity contribution in [1.29, 1.82) is 0 Å². The topological polar surface area (TPSA) is 12.0 Å². The standard InChI is InChI=1S/C13H12ClNS/c14-10-7-8-16-13(10)12-6-5-9-3-1-2-4-11(9)15-12/h1-4,7-8,12,15H,5-6H2. The largest absolute Gasteiger partial charge is 0.377 e. The highest BCUT2D eigenvalue weighted by atomic mass is 35.5. The molecule has 0 saturated carbocycles. The Kier molecular flexibility index (Phi) is 2.62. The Morgan fingerprint density at radius 1 is 1.25 bits per heavy atom. The van der Waals surface area contributed by atoms with Crippen molar-refractivity contribution in [2.45, 2.75) is 18.9 Å². The lowest BCUT2D eigenvalue weighted by molar-refractivity contribution is 0.678. The summed E-state index contributed by atoms with van der Waals surface area (Å²) >= 11 is 7.91. The molecule has 1 aliphatic heterocycles. The Bertz CT molecular complexity index is 506. The van der Waals surface area contributed by atoms with Gasteiger partial charge in [-0.25, -0.2) is 0 Å². The smallest absolute Gasteiger partial charge is 0.0624 e. The van der Waals surface area contributed by atoms with Crippen LogP contribution in [0.1, 0.15) is 22.9 Å². The van der Waals surface area contributed by atoms with Crippen molar-refractivity contribution in [1.82, 2.24) is 0 Å². The molecule has 0 bridgehead atoms. The lowest BCUT2D eigenvalue weighted by Gasteiger charge is -2.26. The maximum atomic E-state index is 6.17. The molecule has 3 heteroatoms. The number of halogens is 1. The molecule has 0 radical (unpaired) electrons. The van der Waals surface area contributed by atoms with Crippen molar-refractivity contribution in [3.05, 3.63) is 51.2 Å². The van der Waals surface area contributed by atoms with Crippen LogP contribution in [0.4, 0.5) is 5.69 Å². The van der Waals surface area contributed by atoms with Crippen molar-refractivity contribution in [3.8, 4) is 0 Å². The number of benzene rings is 1. The zero-order chi connectivity index (χ0) is 11.0. The molecule has 0 saturated heterocycles. The van der Waals surface area contributed by atoms with Gasteiger partial charge >= 0.3 is 0 Å². The molecule has 82 valence electrons. The highest BCUT2D eigenvalue weighted by molar-refractivity contribution is 7.10. The summed E-state index contributed by atoms with van der Waals surface area (Å²) in [4.78, 5) is 1.26. The maximum Gasteiger partial charge on any atom is 0.0624 e. The maximum absolute atomic E-state index is 6.17. The second kappa shape index (κ2) is 4.11. The zero-order valence-electron chi connectivity index (χ0n) is 8.74. The van der Waals surface area contributed by atoms with E-state index in [2.05, 4.69) is 35.0 Å². The average Bonchev–Trinajstić information content (AvgIpc) is 2.75. The van der Waals surface area contributed by atoms with Crippen LogP contribution in [0.25, 0.3) is 0 Å². The van der Waals surface area contributed by atoms with Gasteiger partial charge in [0.15, 0.2) is 0 Å². The van der Waals surface area contributed by atoms with E-state index in [1.807, 2.05) is 6.07 Å². The minimum atomic E-state index is 0.377. The Labute approximate surface area is 104 Å². The monoisotopic (exact) mass is 249 g/mol. The fraction of sp³-hybridized carbons (Fsp3) is 0.231. The van der Waals surface area contributed by atoms with E-state index in [-0.39, 0.29) is 0 Å². The molecule has 2 aromatic rings. The predicted octanol–water partition coefficient (Wildman–Crippen LogP) is 4.50. The van der Waals surface area contributed by atoms with E-state index < -0.39 is 0 Å². The molecular formula is C13H12ClNS. The van der Waals surface area contributed by atoms with Crippen molar-refractivity contribution < 1.29 is 0 Å². The highest BCUT2D eigenvalue weighted by Crippen LogP contribution is 2.37. The number of aryl methyl sites for hydroxylation is 1. The summed E-state index contributed by atoms with van der Waals surface area (Å²) in [7, 11) is 0. The summed E-state index contributed by atoms with van der Waals surface area (Å²) in [5.74, 6) is 0. The van der Waals surface area contributed by atoms with Crippen LogP contribution in [0, 0.1) is 0 Å². The van der Waals surface area contributed by atoms with Gasteiger partial charge < -0.3 is 5.32 Å². The number of thiophene rings is 1. The van der Waals surface area contributed by atoms with E-state index in [1.165, 1.54) is 16.1 Å². The number of anilines is 1. The van der Waals surface area contributed by atoms with Gasteiger partial charge in [-0.15, -0.1) is 11.3 Å². The minimum Gasteiger partial charge on any atom is -0.377 e. The summed E-state index contributed by atoms with van der Waals surface area (Å²) in [6.07, 6.45) is 2.25. The van der Waals surface area contributed by atoms with Crippen LogP contribution in [0.15, 0.2) is 35.7 Å². The van der Waals surface area contributed by atoms with Gasteiger partial charge in [-0.3, -0.25) is 0 Å². The van der Waals surface area contributed by atoms with Crippen LogP contribution in [-0.4, -0.2) is 0 Å². The second-order valence-electron chi connectivity index (χ2n) is 4.03. The molecule has 1 atom stereocenters. The third kappa shape index (κ3) is 1.72. The minimum absolute atomic E-state index is 0.377. The Morgan fingerprint density at radius 3 is 2.94 bits per heavy atom. The van der Waals surface area contributed by atoms with Crippen LogP contribution in [-0.2, 0) is 6.42 Å². The number of para-hydroxylation sites is 1. The van der Waals surface area contributed by atoms with Crippen molar-refractivity contribution >= 4 is 28.6 Å². The molecule has 1 aromatic carbocycles. The summed E-state index contributed by atoms with van der Waals surface area (Å²) < 4.78 is 0. The normalized spacial score (nSPS) is 18.9. The third-order valence-electron chi connectivity index (χ3n) is 3.01. The molecule has 3 rings (SSSR count). The molecule has 0 fully saturated rings. The number of hydrogen-bond donors (Lipinski definition) is 1. The van der Waals surface area contributed by atoms with Gasteiger partial charge in [0.05, 0.1) is 11.1 Å². The first kappa shape index (κ1) is 10.2. The van der Waals surface area contributed by atoms with Gasteiger partial charge in [0.1, 0.15) is 0 Å². The fourth-order valence-electron chi connectivity index (χ4n) is 2.19. The van der Waals surface area contributed by atoms with E-state index in [9.17, 15) is 0 Å². The second-order valence-corrected chi connectivity index (χ2v) is 5.38. The first-order chi connectivity index (χ1) is 7.84. The molecule has 0 spiro atoms. The summed E-state index contributed by atoms with van der Waals surface area (Å²) in [5, 5.41) is 6.51. The first-order valence-electron chi connectivity index (χ1n) is 5.42. The molecule has 1 aliphatic rings. The number of fused-ring (bicyclic) bond motifs is 1. The van der Waals surface area contributed by atoms with E-state index in [4.69, 9.17) is 11.6 Å². The Hall–Kier alpha value is -0.990. The van der Waals surface area contributed by atoms with E-state index in [1.54, 1.807) is 11.3 Å². The number of nitrogens with one attached hydrogen (secondary N) is 1. The molecule has 0 amide bonds. The number of rotatable bonds is 1. The van der Waals surface area contributed by atoms with Gasteiger partial charge in [0, 0.05) is 10.6 Å². The van der Waals surface area contributed by atoms with Crippen LogP contribution < -0.4 is 5.32 Å². The molecular weight excluding hydrogens is 238 g/mol. The van der Waals surface area contributed by atoms with Crippen LogP contribution in [0.5, 0.6) is 0 Å². The van der Waals surface area contributed by atoms with Crippen molar-refractivity contribution in [3.63, 3.8) is 0 Å². The van der Waals surface area contributed by atoms with Gasteiger partial charge in [-0.2, -0.15) is 0 Å². The summed E-state index contributed by atoms with van der Waals surface area (Å²) in [5.41, 5.74) is 2.66. The molecule has 16 heavy (non-hydrogen) atoms. The van der Waals surface area contributed by atoms with E-state index in [0.717, 1.165) is 17.9 Å². The van der Waals surface area contributed by atoms with Crippen LogP contribution in [0.3, 0.4) is 0 Å². The molecule has 1 unspecified atom stereocenters. The summed E-state index contributed by atoms with van der Waals surface area (Å²) in [6, 6.07) is 10.9. The van der Waals surface area contributed by atoms with Crippen LogP contribution >= 0.6 is 22.9 Å². The average molecular weight is 250 g/mol. The molecule has 1 nitrogen and oxygen atoms in total. The molecule has 1 N–H and O–H groups in total. The van der Waals surface area contributed by atoms with E-state index in [0.29, 0.717) is 6.04 Å². The van der Waals surface area contributed by atoms with Gasteiger partial charge in [0.25, 0.3) is 0 Å². The zero-order valence-corrected chi connectivity index (χ0v) is 10.3. The van der Waals surface area contributed by atoms with Gasteiger partial charge in [-0.05, 0) is 35.9 Å². The molecule has 2 heterocycles. The van der Waals surface area contributed by atoms with Gasteiger partial charge in [0.2, 0.25) is 0 Å². The predicted molar refractivity (Wildman–Crippen MR) is 70.5 cm³/mol. The Morgan fingerprint density at radius 2 is 2.12 bits per heavy atom. The highest BCUT2D eigenvalue weighted by Gasteiger charge is 2.21. The van der Waals surface area contributed by atoms with Crippen molar-refractivity contribution in [2.24, 2.45) is 0 Å². The lowest BCUT2D eigenvalue weighted by atomic mass is 9.97. The fourth-order valence-corrected chi connectivity index (χ4v) is 3.46. The lowest BCUT2D eigenvalue weighted by Crippen LogP contribution is -2.17. The quantitative estimate of drug-likeness (QED) is 0.785. The molecule has 0 aliphatic carbocycles. The van der Waals surface area contributed by atoms with Gasteiger partial charge in [-0.1, -0.05) is 29.8 Å². The third-order valence-corrected chi connectivity index (χ3v) is 4.48. The summed E-state index contributed by atoms with van der Waals surface area (Å²) in [6.45, 7) is 0.